The van der Waals surface area contributed by atoms with E-state index >= 15 is 0 Å². The molecule has 0 saturated carbocycles. The first-order chi connectivity index (χ1) is 17.7. The van der Waals surface area contributed by atoms with Crippen LogP contribution in [0.3, 0.4) is 0 Å². The fourth-order valence-corrected chi connectivity index (χ4v) is 5.95. The summed E-state index contributed by atoms with van der Waals surface area (Å²) in [5.41, 5.74) is 9.06. The Morgan fingerprint density at radius 3 is 2.19 bits per heavy atom. The zero-order chi connectivity index (χ0) is 27.1. The summed E-state index contributed by atoms with van der Waals surface area (Å²) < 4.78 is 0.949. The van der Waals surface area contributed by atoms with Gasteiger partial charge in [0.2, 0.25) is 5.91 Å². The summed E-state index contributed by atoms with van der Waals surface area (Å²) in [6.45, 7) is 4.79. The number of pyridine rings is 1. The van der Waals surface area contributed by atoms with Crippen LogP contribution in [-0.2, 0) is 17.6 Å². The number of likely N-dealkylation sites (tertiary alicyclic amines) is 2. The Hall–Kier alpha value is -3.25. The van der Waals surface area contributed by atoms with Gasteiger partial charge in [0, 0.05) is 61.3 Å². The molecule has 3 aliphatic rings. The van der Waals surface area contributed by atoms with Crippen LogP contribution in [-0.4, -0.2) is 63.1 Å². The van der Waals surface area contributed by atoms with Crippen molar-refractivity contribution in [2.75, 3.05) is 26.2 Å². The van der Waals surface area contributed by atoms with Gasteiger partial charge in [-0.3, -0.25) is 9.78 Å². The number of aryl methyl sites for hydroxylation is 2. The molecule has 0 radical (unpaired) electrons. The number of carbonyl (C=O) groups is 2. The quantitative estimate of drug-likeness (QED) is 0.445. The number of hydrogen-bond donors (Lipinski definition) is 3. The summed E-state index contributed by atoms with van der Waals surface area (Å²) >= 11 is 3.52. The first-order valence-electron chi connectivity index (χ1n) is 12.6. The number of phenolic OH excluding ortho intramolecular Hbond substituents is 2. The van der Waals surface area contributed by atoms with Crippen LogP contribution in [0.25, 0.3) is 0 Å². The van der Waals surface area contributed by atoms with Gasteiger partial charge in [-0.1, -0.05) is 0 Å². The van der Waals surface area contributed by atoms with Crippen molar-refractivity contribution in [3.63, 3.8) is 0 Å². The van der Waals surface area contributed by atoms with Crippen LogP contribution in [0, 0.1) is 18.8 Å². The molecule has 1 aromatic carbocycles. The lowest BCUT2D eigenvalue weighted by Crippen LogP contribution is -2.38. The Labute approximate surface area is 227 Å². The number of aromatic nitrogens is 1. The highest BCUT2D eigenvalue weighted by molar-refractivity contribution is 9.10. The van der Waals surface area contributed by atoms with Gasteiger partial charge in [0.1, 0.15) is 11.5 Å². The third kappa shape index (κ3) is 6.75. The van der Waals surface area contributed by atoms with E-state index in [1.54, 1.807) is 17.9 Å². The predicted octanol–water partition coefficient (Wildman–Crippen LogP) is 4.15. The van der Waals surface area contributed by atoms with Crippen molar-refractivity contribution in [1.29, 1.82) is 0 Å². The predicted molar refractivity (Wildman–Crippen MR) is 146 cm³/mol. The summed E-state index contributed by atoms with van der Waals surface area (Å²) in [6.07, 6.45) is 15.4. The largest absolute Gasteiger partial charge is 0.508 e. The smallest absolute Gasteiger partial charge is 0.314 e. The van der Waals surface area contributed by atoms with Crippen LogP contribution in [0.5, 0.6) is 11.5 Å². The maximum Gasteiger partial charge on any atom is 0.314 e. The summed E-state index contributed by atoms with van der Waals surface area (Å²) in [5, 5.41) is 20.7. The molecule has 8 nitrogen and oxygen atoms in total. The maximum atomic E-state index is 11.7. The van der Waals surface area contributed by atoms with Crippen LogP contribution in [0.15, 0.2) is 28.9 Å². The number of phenols is 2. The van der Waals surface area contributed by atoms with E-state index < -0.39 is 0 Å². The standard InChI is InChI=1S/C21H23BrN2O3.C5H10N2O.C2H2/c1-12(25)24-6-4-13(5-7-24)20-19-14(9-17(26)10-18(19)27)2-3-15-8-16(22)11-23-21(15)20;6-5(8)7-3-1-2-4-7;1-2/h8-11,13,20,26-27H,2-7H2,1H3;1-4H2,(H2,6,8);1-2H. The second-order valence-electron chi connectivity index (χ2n) is 9.59. The lowest BCUT2D eigenvalue weighted by molar-refractivity contribution is -0.130. The molecule has 2 aromatic rings. The van der Waals surface area contributed by atoms with Gasteiger partial charge in [-0.15, -0.1) is 12.8 Å². The van der Waals surface area contributed by atoms with Crippen LogP contribution >= 0.6 is 15.9 Å². The number of benzene rings is 1. The summed E-state index contributed by atoms with van der Waals surface area (Å²) in [5.74, 6) is 0.614. The molecule has 198 valence electrons. The lowest BCUT2D eigenvalue weighted by Gasteiger charge is -2.36. The highest BCUT2D eigenvalue weighted by Crippen LogP contribution is 2.46. The van der Waals surface area contributed by atoms with Gasteiger partial charge in [0.25, 0.3) is 0 Å². The number of piperidine rings is 1. The Morgan fingerprint density at radius 1 is 1.00 bits per heavy atom. The van der Waals surface area contributed by atoms with Gasteiger partial charge in [-0.25, -0.2) is 4.79 Å². The fourth-order valence-electron chi connectivity index (χ4n) is 5.57. The molecule has 1 unspecified atom stereocenters. The molecule has 0 spiro atoms. The molecule has 2 aliphatic heterocycles. The van der Waals surface area contributed by atoms with Crippen molar-refractivity contribution >= 4 is 27.9 Å². The minimum Gasteiger partial charge on any atom is -0.508 e. The molecule has 5 rings (SSSR count). The SMILES string of the molecule is C#C.CC(=O)N1CCC(C2c3ncc(Br)cc3CCc3cc(O)cc(O)c32)CC1.NC(=O)N1CCCC1. The van der Waals surface area contributed by atoms with E-state index in [1.807, 2.05) is 11.1 Å². The zero-order valence-electron chi connectivity index (χ0n) is 21.2. The number of rotatable bonds is 1. The Kier molecular flexibility index (Phi) is 9.81. The van der Waals surface area contributed by atoms with E-state index in [-0.39, 0.29) is 29.4 Å². The molecule has 3 heterocycles. The van der Waals surface area contributed by atoms with E-state index in [9.17, 15) is 19.8 Å². The zero-order valence-corrected chi connectivity index (χ0v) is 22.8. The number of halogens is 1. The molecule has 0 bridgehead atoms. The molecule has 9 heteroatoms. The minimum atomic E-state index is -0.275. The van der Waals surface area contributed by atoms with Gasteiger partial charge in [-0.2, -0.15) is 0 Å². The van der Waals surface area contributed by atoms with E-state index in [4.69, 9.17) is 10.7 Å². The minimum absolute atomic E-state index is 0.0275. The maximum absolute atomic E-state index is 11.7. The van der Waals surface area contributed by atoms with Crippen LogP contribution in [0.4, 0.5) is 4.79 Å². The first kappa shape index (κ1) is 28.3. The molecular formula is C28H35BrN4O4. The number of nitrogens with zero attached hydrogens (tertiary/aromatic N) is 3. The van der Waals surface area contributed by atoms with Crippen LogP contribution in [0.1, 0.15) is 60.9 Å². The first-order valence-corrected chi connectivity index (χ1v) is 13.4. The molecule has 2 saturated heterocycles. The van der Waals surface area contributed by atoms with Crippen LogP contribution < -0.4 is 5.73 Å². The number of hydrogen-bond acceptors (Lipinski definition) is 5. The summed E-state index contributed by atoms with van der Waals surface area (Å²) in [7, 11) is 0. The Balaban J connectivity index is 0.000000322. The third-order valence-electron chi connectivity index (χ3n) is 7.34. The molecule has 4 N–H and O–H groups in total. The number of terminal acetylenes is 1. The molecule has 3 amide bonds. The average molecular weight is 572 g/mol. The number of fused-ring (bicyclic) bond motifs is 2. The van der Waals surface area contributed by atoms with Gasteiger partial charge < -0.3 is 25.7 Å². The number of aromatic hydroxyl groups is 2. The van der Waals surface area contributed by atoms with Gasteiger partial charge >= 0.3 is 6.03 Å². The Bertz CT molecular complexity index is 1140. The molecule has 1 aromatic heterocycles. The summed E-state index contributed by atoms with van der Waals surface area (Å²) in [6, 6.07) is 5.04. The number of carbonyl (C=O) groups excluding carboxylic acids is 2. The molecule has 37 heavy (non-hydrogen) atoms. The normalized spacial score (nSPS) is 18.8. The van der Waals surface area contributed by atoms with Crippen molar-refractivity contribution < 1.29 is 19.8 Å². The topological polar surface area (TPSA) is 120 Å². The lowest BCUT2D eigenvalue weighted by atomic mass is 9.76. The Morgan fingerprint density at radius 2 is 1.62 bits per heavy atom. The highest BCUT2D eigenvalue weighted by Gasteiger charge is 2.36. The molecular weight excluding hydrogens is 536 g/mol. The van der Waals surface area contributed by atoms with Crippen molar-refractivity contribution in [3.8, 4) is 24.3 Å². The highest BCUT2D eigenvalue weighted by atomic mass is 79.9. The fraction of sp³-hybridized carbons (Fsp3) is 0.464. The average Bonchev–Trinajstić information content (AvgIpc) is 3.37. The van der Waals surface area contributed by atoms with Gasteiger partial charge in [0.15, 0.2) is 0 Å². The van der Waals surface area contributed by atoms with Crippen molar-refractivity contribution in [2.24, 2.45) is 11.7 Å². The number of urea groups is 1. The number of amides is 3. The van der Waals surface area contributed by atoms with E-state index in [1.165, 1.54) is 11.6 Å². The third-order valence-corrected chi connectivity index (χ3v) is 7.77. The van der Waals surface area contributed by atoms with Crippen molar-refractivity contribution in [3.05, 3.63) is 51.3 Å². The van der Waals surface area contributed by atoms with Crippen molar-refractivity contribution in [2.45, 2.75) is 51.4 Å². The second kappa shape index (κ2) is 12.8. The molecule has 2 fully saturated rings. The summed E-state index contributed by atoms with van der Waals surface area (Å²) in [4.78, 5) is 30.4. The van der Waals surface area contributed by atoms with E-state index in [0.29, 0.717) is 5.92 Å². The van der Waals surface area contributed by atoms with Crippen molar-refractivity contribution in [1.82, 2.24) is 14.8 Å². The monoisotopic (exact) mass is 570 g/mol. The van der Waals surface area contributed by atoms with E-state index in [0.717, 1.165) is 86.0 Å². The van der Waals surface area contributed by atoms with Gasteiger partial charge in [-0.05, 0) is 83.6 Å². The number of primary amides is 1. The van der Waals surface area contributed by atoms with Gasteiger partial charge in [0.05, 0.1) is 5.69 Å². The van der Waals surface area contributed by atoms with E-state index in [2.05, 4.69) is 34.8 Å². The molecule has 1 atom stereocenters. The van der Waals surface area contributed by atoms with Crippen LogP contribution in [0.2, 0.25) is 0 Å². The number of nitrogens with two attached hydrogens (primary N) is 1. The molecule has 1 aliphatic carbocycles. The second-order valence-corrected chi connectivity index (χ2v) is 10.5.